The fraction of sp³-hybridized carbons (Fsp3) is 0.310. The van der Waals surface area contributed by atoms with Crippen molar-refractivity contribution < 1.29 is 9.84 Å². The zero-order valence-corrected chi connectivity index (χ0v) is 19.3. The van der Waals surface area contributed by atoms with Crippen LogP contribution in [-0.4, -0.2) is 40.8 Å². The van der Waals surface area contributed by atoms with E-state index in [0.29, 0.717) is 5.75 Å². The maximum atomic E-state index is 10.6. The summed E-state index contributed by atoms with van der Waals surface area (Å²) in [5.41, 5.74) is 5.50. The minimum absolute atomic E-state index is 0.308. The van der Waals surface area contributed by atoms with Gasteiger partial charge < -0.3 is 14.4 Å². The quantitative estimate of drug-likeness (QED) is 0.370. The molecular weight excluding hydrogens is 408 g/mol. The highest BCUT2D eigenvalue weighted by Gasteiger charge is 2.18. The summed E-state index contributed by atoms with van der Waals surface area (Å²) in [5.74, 6) is 1.23. The maximum Gasteiger partial charge on any atom is 0.124 e. The lowest BCUT2D eigenvalue weighted by molar-refractivity contribution is 0.183. The summed E-state index contributed by atoms with van der Waals surface area (Å²) in [6, 6.07) is 24.5. The van der Waals surface area contributed by atoms with Crippen molar-refractivity contribution >= 4 is 10.9 Å². The van der Waals surface area contributed by atoms with Gasteiger partial charge in [0.05, 0.1) is 5.69 Å². The average Bonchev–Trinajstić information content (AvgIpc) is 3.13. The molecule has 1 aromatic heterocycles. The third-order valence-corrected chi connectivity index (χ3v) is 6.77. The molecule has 0 saturated carbocycles. The van der Waals surface area contributed by atoms with Crippen LogP contribution in [0.4, 0.5) is 0 Å². The van der Waals surface area contributed by atoms with E-state index in [1.165, 1.54) is 54.4 Å². The van der Waals surface area contributed by atoms with Crippen molar-refractivity contribution in [1.82, 2.24) is 9.47 Å². The van der Waals surface area contributed by atoms with E-state index in [4.69, 9.17) is 4.74 Å². The Kier molecular flexibility index (Phi) is 6.36. The minimum atomic E-state index is 0.308. The molecule has 33 heavy (non-hydrogen) atoms. The van der Waals surface area contributed by atoms with Crippen LogP contribution in [0.15, 0.2) is 72.8 Å². The Hall–Kier alpha value is -3.24. The third-order valence-electron chi connectivity index (χ3n) is 6.77. The van der Waals surface area contributed by atoms with E-state index < -0.39 is 0 Å². The molecule has 0 amide bonds. The number of aryl methyl sites for hydroxylation is 1. The highest BCUT2D eigenvalue weighted by atomic mass is 16.5. The van der Waals surface area contributed by atoms with Gasteiger partial charge in [-0.1, -0.05) is 48.9 Å². The molecule has 1 fully saturated rings. The lowest BCUT2D eigenvalue weighted by atomic mass is 10.1. The lowest BCUT2D eigenvalue weighted by Gasteiger charge is -2.26. The van der Waals surface area contributed by atoms with Crippen LogP contribution in [-0.2, 0) is 6.54 Å². The van der Waals surface area contributed by atoms with Gasteiger partial charge in [0.2, 0.25) is 0 Å². The maximum absolute atomic E-state index is 10.6. The zero-order chi connectivity index (χ0) is 22.6. The molecule has 0 bridgehead atoms. The predicted octanol–water partition coefficient (Wildman–Crippen LogP) is 6.24. The monoisotopic (exact) mass is 440 g/mol. The van der Waals surface area contributed by atoms with Gasteiger partial charge in [-0.05, 0) is 74.3 Å². The van der Waals surface area contributed by atoms with Crippen LogP contribution < -0.4 is 4.74 Å². The van der Waals surface area contributed by atoms with Gasteiger partial charge >= 0.3 is 0 Å². The molecule has 5 rings (SSSR count). The van der Waals surface area contributed by atoms with E-state index in [0.717, 1.165) is 36.7 Å². The number of para-hydroxylation sites is 2. The lowest BCUT2D eigenvalue weighted by Crippen LogP contribution is -2.33. The molecule has 4 nitrogen and oxygen atoms in total. The Labute approximate surface area is 196 Å². The van der Waals surface area contributed by atoms with Crippen LogP contribution in [0, 0.1) is 6.92 Å². The van der Waals surface area contributed by atoms with Crippen LogP contribution in [0.1, 0.15) is 30.4 Å². The first kappa shape index (κ1) is 21.6. The first-order valence-corrected chi connectivity index (χ1v) is 12.0. The van der Waals surface area contributed by atoms with E-state index in [2.05, 4.69) is 64.9 Å². The number of aromatic hydroxyl groups is 1. The van der Waals surface area contributed by atoms with E-state index in [9.17, 15) is 5.11 Å². The van der Waals surface area contributed by atoms with E-state index in [1.807, 2.05) is 18.2 Å². The molecule has 0 unspecified atom stereocenters. The first-order chi connectivity index (χ1) is 16.2. The summed E-state index contributed by atoms with van der Waals surface area (Å²) in [7, 11) is 0. The van der Waals surface area contributed by atoms with Crippen molar-refractivity contribution in [2.24, 2.45) is 0 Å². The molecule has 4 heteroatoms. The number of rotatable bonds is 7. The van der Waals surface area contributed by atoms with Crippen LogP contribution in [0.25, 0.3) is 22.2 Å². The summed E-state index contributed by atoms with van der Waals surface area (Å²) < 4.78 is 8.33. The normalized spacial score (nSPS) is 14.6. The molecule has 0 atom stereocenters. The molecule has 0 aliphatic carbocycles. The number of piperidine rings is 1. The van der Waals surface area contributed by atoms with Crippen molar-refractivity contribution in [3.05, 3.63) is 83.9 Å². The van der Waals surface area contributed by atoms with Gasteiger partial charge in [0, 0.05) is 29.6 Å². The molecule has 1 N–H and O–H groups in total. The fourth-order valence-corrected chi connectivity index (χ4v) is 5.01. The predicted molar refractivity (Wildman–Crippen MR) is 135 cm³/mol. The topological polar surface area (TPSA) is 37.6 Å². The Morgan fingerprint density at radius 1 is 0.848 bits per heavy atom. The molecule has 1 aliphatic heterocycles. The van der Waals surface area contributed by atoms with Gasteiger partial charge in [0.25, 0.3) is 0 Å². The number of benzene rings is 3. The summed E-state index contributed by atoms with van der Waals surface area (Å²) in [5, 5.41) is 11.8. The number of nitrogens with zero attached hydrogens (tertiary/aromatic N) is 2. The number of phenolic OH excluding ortho intramolecular Hbond substituents is 1. The largest absolute Gasteiger partial charge is 0.507 e. The van der Waals surface area contributed by atoms with Crippen LogP contribution in [0.5, 0.6) is 11.5 Å². The van der Waals surface area contributed by atoms with Gasteiger partial charge in [-0.3, -0.25) is 4.90 Å². The number of fused-ring (bicyclic) bond motifs is 1. The second-order valence-corrected chi connectivity index (χ2v) is 8.99. The Balaban J connectivity index is 1.37. The van der Waals surface area contributed by atoms with E-state index >= 15 is 0 Å². The second kappa shape index (κ2) is 9.72. The van der Waals surface area contributed by atoms with Gasteiger partial charge in [0.1, 0.15) is 18.1 Å². The molecule has 4 aromatic rings. The summed E-state index contributed by atoms with van der Waals surface area (Å²) in [6.07, 6.45) is 3.98. The van der Waals surface area contributed by atoms with E-state index in [-0.39, 0.29) is 0 Å². The van der Waals surface area contributed by atoms with Crippen molar-refractivity contribution in [2.45, 2.75) is 32.7 Å². The number of hydrogen-bond acceptors (Lipinski definition) is 3. The van der Waals surface area contributed by atoms with Gasteiger partial charge in [-0.2, -0.15) is 0 Å². The standard InChI is InChI=1S/C29H32N2O2/c1-22-25-9-3-5-11-27(25)31(29(22)26-10-4-6-12-28(26)32)21-23-13-15-24(16-14-23)33-20-19-30-17-7-2-8-18-30/h3-6,9-16,32H,2,7-8,17-21H2,1H3. The van der Waals surface area contributed by atoms with Crippen molar-refractivity contribution in [1.29, 1.82) is 0 Å². The van der Waals surface area contributed by atoms with Gasteiger partial charge in [0.15, 0.2) is 0 Å². The Morgan fingerprint density at radius 2 is 1.58 bits per heavy atom. The van der Waals surface area contributed by atoms with Crippen molar-refractivity contribution in [3.63, 3.8) is 0 Å². The minimum Gasteiger partial charge on any atom is -0.507 e. The number of phenols is 1. The summed E-state index contributed by atoms with van der Waals surface area (Å²) in [6.45, 7) is 7.00. The van der Waals surface area contributed by atoms with Crippen LogP contribution in [0.2, 0.25) is 0 Å². The molecule has 3 aromatic carbocycles. The highest BCUT2D eigenvalue weighted by Crippen LogP contribution is 2.37. The molecule has 2 heterocycles. The number of likely N-dealkylation sites (tertiary alicyclic amines) is 1. The van der Waals surface area contributed by atoms with Gasteiger partial charge in [-0.15, -0.1) is 0 Å². The third kappa shape index (κ3) is 4.62. The van der Waals surface area contributed by atoms with Crippen LogP contribution in [0.3, 0.4) is 0 Å². The molecule has 170 valence electrons. The van der Waals surface area contributed by atoms with Gasteiger partial charge in [-0.25, -0.2) is 0 Å². The van der Waals surface area contributed by atoms with E-state index in [1.54, 1.807) is 6.07 Å². The van der Waals surface area contributed by atoms with Crippen molar-refractivity contribution in [3.8, 4) is 22.8 Å². The fourth-order valence-electron chi connectivity index (χ4n) is 5.01. The highest BCUT2D eigenvalue weighted by molar-refractivity contribution is 5.92. The Morgan fingerprint density at radius 3 is 2.36 bits per heavy atom. The molecule has 1 saturated heterocycles. The molecule has 1 aliphatic rings. The Bertz CT molecular complexity index is 1220. The number of hydrogen-bond donors (Lipinski definition) is 1. The number of ether oxygens (including phenoxy) is 1. The average molecular weight is 441 g/mol. The zero-order valence-electron chi connectivity index (χ0n) is 19.3. The SMILES string of the molecule is Cc1c(-c2ccccc2O)n(Cc2ccc(OCCN3CCCCC3)cc2)c2ccccc12. The van der Waals surface area contributed by atoms with Crippen molar-refractivity contribution in [2.75, 3.05) is 26.2 Å². The molecule has 0 radical (unpaired) electrons. The summed E-state index contributed by atoms with van der Waals surface area (Å²) in [4.78, 5) is 2.50. The molecule has 0 spiro atoms. The second-order valence-electron chi connectivity index (χ2n) is 8.99. The first-order valence-electron chi connectivity index (χ1n) is 12.0. The van der Waals surface area contributed by atoms with Crippen LogP contribution >= 0.6 is 0 Å². The molecular formula is C29H32N2O2. The smallest absolute Gasteiger partial charge is 0.124 e. The number of aromatic nitrogens is 1. The summed E-state index contributed by atoms with van der Waals surface area (Å²) >= 11 is 0.